The third-order valence-corrected chi connectivity index (χ3v) is 5.95. The van der Waals surface area contributed by atoms with E-state index in [4.69, 9.17) is 9.26 Å². The van der Waals surface area contributed by atoms with Crippen molar-refractivity contribution in [1.82, 2.24) is 15.0 Å². The molecule has 7 heteroatoms. The number of benzene rings is 1. The van der Waals surface area contributed by atoms with Gasteiger partial charge in [0, 0.05) is 25.9 Å². The highest BCUT2D eigenvalue weighted by atomic mass is 19.1. The van der Waals surface area contributed by atoms with Crippen LogP contribution in [0.3, 0.4) is 0 Å². The van der Waals surface area contributed by atoms with Gasteiger partial charge in [0.05, 0.1) is 12.5 Å². The number of amides is 1. The van der Waals surface area contributed by atoms with Gasteiger partial charge in [0.25, 0.3) is 0 Å². The van der Waals surface area contributed by atoms with Crippen LogP contribution < -0.4 is 4.74 Å². The Hall–Kier alpha value is -2.44. The Labute approximate surface area is 170 Å². The van der Waals surface area contributed by atoms with Crippen LogP contribution in [0.5, 0.6) is 5.75 Å². The number of nitrogens with zero attached hydrogens (tertiary/aromatic N) is 3. The second-order valence-corrected chi connectivity index (χ2v) is 8.13. The van der Waals surface area contributed by atoms with E-state index in [2.05, 4.69) is 10.1 Å². The molecule has 1 aromatic carbocycles. The summed E-state index contributed by atoms with van der Waals surface area (Å²) in [5.41, 5.74) is 0. The minimum absolute atomic E-state index is 0.107. The smallest absolute Gasteiger partial charge is 0.231 e. The summed E-state index contributed by atoms with van der Waals surface area (Å²) in [5, 5.41) is 4.06. The number of hydrogen-bond donors (Lipinski definition) is 0. The quantitative estimate of drug-likeness (QED) is 0.698. The number of carbonyl (C=O) groups excluding carboxylic acids is 1. The number of hydrogen-bond acceptors (Lipinski definition) is 5. The highest BCUT2D eigenvalue weighted by Crippen LogP contribution is 2.30. The van der Waals surface area contributed by atoms with E-state index in [0.717, 1.165) is 19.4 Å². The first-order valence-corrected chi connectivity index (χ1v) is 10.7. The van der Waals surface area contributed by atoms with Crippen LogP contribution in [0.25, 0.3) is 0 Å². The average molecular weight is 401 g/mol. The van der Waals surface area contributed by atoms with Crippen LogP contribution >= 0.6 is 0 Å². The molecule has 0 spiro atoms. The summed E-state index contributed by atoms with van der Waals surface area (Å²) in [7, 11) is 0. The molecule has 2 aliphatic rings. The number of halogens is 1. The van der Waals surface area contributed by atoms with Gasteiger partial charge in [0.15, 0.2) is 5.82 Å². The second-order valence-electron chi connectivity index (χ2n) is 8.13. The van der Waals surface area contributed by atoms with Crippen LogP contribution in [0.15, 0.2) is 28.8 Å². The van der Waals surface area contributed by atoms with Crippen molar-refractivity contribution in [2.24, 2.45) is 5.92 Å². The standard InChI is InChI=1S/C22H28FN3O3/c23-18-7-9-19(10-8-18)28-13-11-20-24-22(29-25-20)17-6-3-12-26(15-17)21(27)14-16-4-1-2-5-16/h7-10,16-17H,1-6,11-15H2. The van der Waals surface area contributed by atoms with E-state index in [0.29, 0.717) is 49.4 Å². The largest absolute Gasteiger partial charge is 0.493 e. The first kappa shape index (κ1) is 19.9. The van der Waals surface area contributed by atoms with Crippen molar-refractivity contribution in [3.05, 3.63) is 41.8 Å². The minimum atomic E-state index is -0.289. The Morgan fingerprint density at radius 1 is 1.17 bits per heavy atom. The Kier molecular flexibility index (Phi) is 6.42. The predicted molar refractivity (Wildman–Crippen MR) is 105 cm³/mol. The summed E-state index contributed by atoms with van der Waals surface area (Å²) in [5.74, 6) is 2.47. The van der Waals surface area contributed by atoms with Gasteiger partial charge in [0.2, 0.25) is 11.8 Å². The molecule has 1 unspecified atom stereocenters. The Morgan fingerprint density at radius 2 is 1.97 bits per heavy atom. The molecule has 156 valence electrons. The van der Waals surface area contributed by atoms with E-state index >= 15 is 0 Å². The maximum Gasteiger partial charge on any atom is 0.231 e. The van der Waals surface area contributed by atoms with Crippen molar-refractivity contribution in [3.63, 3.8) is 0 Å². The second kappa shape index (κ2) is 9.37. The van der Waals surface area contributed by atoms with Gasteiger partial charge in [-0.1, -0.05) is 18.0 Å². The van der Waals surface area contributed by atoms with E-state index in [9.17, 15) is 9.18 Å². The molecule has 1 aliphatic carbocycles. The molecule has 1 atom stereocenters. The monoisotopic (exact) mass is 401 g/mol. The van der Waals surface area contributed by atoms with Crippen molar-refractivity contribution in [2.75, 3.05) is 19.7 Å². The van der Waals surface area contributed by atoms with Gasteiger partial charge < -0.3 is 14.2 Å². The minimum Gasteiger partial charge on any atom is -0.493 e. The first-order valence-electron chi connectivity index (χ1n) is 10.7. The zero-order valence-corrected chi connectivity index (χ0v) is 16.7. The Balaban J connectivity index is 1.26. The number of rotatable bonds is 7. The summed E-state index contributed by atoms with van der Waals surface area (Å²) in [6.45, 7) is 1.88. The maximum atomic E-state index is 12.9. The summed E-state index contributed by atoms with van der Waals surface area (Å²) in [4.78, 5) is 19.2. The van der Waals surface area contributed by atoms with E-state index in [1.54, 1.807) is 12.1 Å². The van der Waals surface area contributed by atoms with Gasteiger partial charge in [-0.05, 0) is 55.9 Å². The lowest BCUT2D eigenvalue weighted by Gasteiger charge is -2.31. The molecule has 0 bridgehead atoms. The Bertz CT molecular complexity index is 802. The van der Waals surface area contributed by atoms with Crippen LogP contribution in [0.2, 0.25) is 0 Å². The van der Waals surface area contributed by atoms with Gasteiger partial charge in [0.1, 0.15) is 11.6 Å². The molecule has 2 fully saturated rings. The van der Waals surface area contributed by atoms with E-state index in [-0.39, 0.29) is 17.6 Å². The van der Waals surface area contributed by atoms with Crippen molar-refractivity contribution < 1.29 is 18.4 Å². The lowest BCUT2D eigenvalue weighted by Crippen LogP contribution is -2.39. The zero-order valence-electron chi connectivity index (χ0n) is 16.7. The zero-order chi connectivity index (χ0) is 20.1. The van der Waals surface area contributed by atoms with Crippen LogP contribution in [-0.4, -0.2) is 40.6 Å². The maximum absolute atomic E-state index is 12.9. The molecule has 6 nitrogen and oxygen atoms in total. The molecule has 1 aromatic heterocycles. The fourth-order valence-electron chi connectivity index (χ4n) is 4.32. The molecule has 1 saturated carbocycles. The topological polar surface area (TPSA) is 68.5 Å². The molecule has 0 radical (unpaired) electrons. The van der Waals surface area contributed by atoms with E-state index in [1.807, 2.05) is 4.90 Å². The number of likely N-dealkylation sites (tertiary alicyclic amines) is 1. The summed E-state index contributed by atoms with van der Waals surface area (Å²) < 4.78 is 24.0. The number of piperidine rings is 1. The summed E-state index contributed by atoms with van der Waals surface area (Å²) >= 11 is 0. The van der Waals surface area contributed by atoms with Crippen molar-refractivity contribution >= 4 is 5.91 Å². The first-order chi connectivity index (χ1) is 14.2. The lowest BCUT2D eigenvalue weighted by molar-refractivity contribution is -0.133. The molecular formula is C22H28FN3O3. The van der Waals surface area contributed by atoms with E-state index in [1.165, 1.54) is 37.8 Å². The van der Waals surface area contributed by atoms with Crippen LogP contribution in [0.4, 0.5) is 4.39 Å². The average Bonchev–Trinajstić information content (AvgIpc) is 3.42. The fraction of sp³-hybridized carbons (Fsp3) is 0.591. The van der Waals surface area contributed by atoms with Crippen LogP contribution in [-0.2, 0) is 11.2 Å². The molecule has 4 rings (SSSR count). The van der Waals surface area contributed by atoms with Crippen molar-refractivity contribution in [2.45, 2.75) is 57.3 Å². The SMILES string of the molecule is O=C(CC1CCCC1)N1CCCC(c2nc(CCOc3ccc(F)cc3)no2)C1. The fourth-order valence-corrected chi connectivity index (χ4v) is 4.32. The third kappa shape index (κ3) is 5.34. The molecular weight excluding hydrogens is 373 g/mol. The van der Waals surface area contributed by atoms with Gasteiger partial charge in [-0.3, -0.25) is 4.79 Å². The molecule has 2 heterocycles. The molecule has 1 saturated heterocycles. The molecule has 0 N–H and O–H groups in total. The van der Waals surface area contributed by atoms with Crippen LogP contribution in [0.1, 0.15) is 62.6 Å². The van der Waals surface area contributed by atoms with Crippen molar-refractivity contribution in [3.8, 4) is 5.75 Å². The number of ether oxygens (including phenoxy) is 1. The molecule has 29 heavy (non-hydrogen) atoms. The predicted octanol–water partition coefficient (Wildman–Crippen LogP) is 4.12. The summed E-state index contributed by atoms with van der Waals surface area (Å²) in [6.07, 6.45) is 8.02. The van der Waals surface area contributed by atoms with E-state index < -0.39 is 0 Å². The molecule has 1 aliphatic heterocycles. The van der Waals surface area contributed by atoms with Gasteiger partial charge >= 0.3 is 0 Å². The van der Waals surface area contributed by atoms with Crippen molar-refractivity contribution in [1.29, 1.82) is 0 Å². The molecule has 2 aromatic rings. The van der Waals surface area contributed by atoms with Gasteiger partial charge in [-0.25, -0.2) is 4.39 Å². The Morgan fingerprint density at radius 3 is 2.76 bits per heavy atom. The highest BCUT2D eigenvalue weighted by molar-refractivity contribution is 5.76. The normalized spacial score (nSPS) is 20.2. The molecule has 1 amide bonds. The van der Waals surface area contributed by atoms with Gasteiger partial charge in [-0.2, -0.15) is 4.98 Å². The van der Waals surface area contributed by atoms with Gasteiger partial charge in [-0.15, -0.1) is 0 Å². The number of aromatic nitrogens is 2. The summed E-state index contributed by atoms with van der Waals surface area (Å²) in [6, 6.07) is 5.92. The third-order valence-electron chi connectivity index (χ3n) is 5.95. The van der Waals surface area contributed by atoms with Crippen LogP contribution in [0, 0.1) is 11.7 Å². The highest BCUT2D eigenvalue weighted by Gasteiger charge is 2.30. The lowest BCUT2D eigenvalue weighted by atomic mass is 9.96. The number of carbonyl (C=O) groups is 1.